The number of halogens is 2. The number of nitrogens with one attached hydrogen (secondary N) is 1. The Morgan fingerprint density at radius 2 is 1.48 bits per heavy atom. The number of aromatic nitrogens is 2. The molecule has 1 aromatic heterocycles. The molecule has 5 rings (SSSR count). The Bertz CT molecular complexity index is 2110. The average molecular weight is 870 g/mol. The number of nitrogens with zero attached hydrogens (tertiary/aromatic N) is 7. The van der Waals surface area contributed by atoms with Crippen LogP contribution in [-0.2, 0) is 14.3 Å². The van der Waals surface area contributed by atoms with E-state index in [9.17, 15) is 19.2 Å². The summed E-state index contributed by atoms with van der Waals surface area (Å²) in [6, 6.07) is 7.15. The highest BCUT2D eigenvalue weighted by Gasteiger charge is 2.43. The highest BCUT2D eigenvalue weighted by molar-refractivity contribution is 6.43. The molecule has 324 valence electrons. The fraction of sp³-hybridized carbons (Fsp3) is 0.476. The molecule has 1 N–H and O–H groups in total. The van der Waals surface area contributed by atoms with E-state index in [1.54, 1.807) is 47.6 Å². The summed E-state index contributed by atoms with van der Waals surface area (Å²) in [5, 5.41) is 2.51. The minimum absolute atomic E-state index is 0.0376. The Morgan fingerprint density at radius 3 is 2.05 bits per heavy atom. The Kier molecular flexibility index (Phi) is 13.8. The molecule has 2 aromatic carbocycles. The molecule has 2 aliphatic heterocycles. The van der Waals surface area contributed by atoms with Crippen molar-refractivity contribution in [2.24, 2.45) is 5.41 Å². The Labute approximate surface area is 361 Å². The van der Waals surface area contributed by atoms with Gasteiger partial charge in [-0.05, 0) is 91.7 Å². The van der Waals surface area contributed by atoms with Crippen molar-refractivity contribution in [2.45, 2.75) is 72.5 Å². The van der Waals surface area contributed by atoms with E-state index in [4.69, 9.17) is 42.1 Å². The molecule has 60 heavy (non-hydrogen) atoms. The second-order valence-electron chi connectivity index (χ2n) is 16.7. The lowest BCUT2D eigenvalue weighted by molar-refractivity contribution is -0.111. The fourth-order valence-electron chi connectivity index (χ4n) is 7.14. The highest BCUT2D eigenvalue weighted by Crippen LogP contribution is 2.47. The van der Waals surface area contributed by atoms with Crippen LogP contribution in [0.1, 0.15) is 61.3 Å². The first kappa shape index (κ1) is 45.8. The van der Waals surface area contributed by atoms with Gasteiger partial charge in [0.1, 0.15) is 56.4 Å². The first-order valence-electron chi connectivity index (χ1n) is 19.5. The standard InChI is InChI=1S/C42H54Cl2N8O8/c1-12-33(53)47-27-20-26(50-19-17-42(24-50)16-18-49(13-2)23-42)14-15-28(27)51(38(55)59-40(3,4)5)32-22-31(45-25-46-32)48(9)37(54)52(39(56)60-41(6,7)8)36-34(43)29(57-10)21-30(58-11)35(36)44/h12,14-15,20-22,25H,1,13,16-19,23-24H2,2-11H3,(H,47,53). The van der Waals surface area contributed by atoms with Gasteiger partial charge in [0.25, 0.3) is 0 Å². The third kappa shape index (κ3) is 10.2. The predicted molar refractivity (Wildman–Crippen MR) is 234 cm³/mol. The molecule has 18 heteroatoms. The van der Waals surface area contributed by atoms with Gasteiger partial charge in [0.15, 0.2) is 0 Å². The summed E-state index contributed by atoms with van der Waals surface area (Å²) in [5.41, 5.74) is -0.747. The molecule has 0 radical (unpaired) electrons. The second kappa shape index (κ2) is 18.1. The Balaban J connectivity index is 1.60. The van der Waals surface area contributed by atoms with Crippen LogP contribution >= 0.6 is 23.2 Å². The SMILES string of the molecule is C=CC(=O)Nc1cc(N2CCC3(CCN(CC)C3)C2)ccc1N(C(=O)OC(C)(C)C)c1cc(N(C)C(=O)N(C(=O)OC(C)(C)C)c2c(Cl)c(OC)cc(OC)c2Cl)ncn1. The van der Waals surface area contributed by atoms with Gasteiger partial charge in [-0.2, -0.15) is 4.90 Å². The van der Waals surface area contributed by atoms with Crippen LogP contribution in [0.3, 0.4) is 0 Å². The maximum Gasteiger partial charge on any atom is 0.423 e. The summed E-state index contributed by atoms with van der Waals surface area (Å²) < 4.78 is 22.3. The molecule has 2 saturated heterocycles. The number of methoxy groups -OCH3 is 2. The molecule has 5 amide bonds. The van der Waals surface area contributed by atoms with E-state index < -0.39 is 35.3 Å². The van der Waals surface area contributed by atoms with Crippen LogP contribution in [0.2, 0.25) is 10.0 Å². The van der Waals surface area contributed by atoms with Crippen molar-refractivity contribution in [2.75, 3.05) is 78.9 Å². The zero-order valence-electron chi connectivity index (χ0n) is 35.9. The van der Waals surface area contributed by atoms with Crippen LogP contribution in [0.15, 0.2) is 49.3 Å². The number of hydrogen-bond donors (Lipinski definition) is 1. The summed E-state index contributed by atoms with van der Waals surface area (Å²) >= 11 is 13.4. The van der Waals surface area contributed by atoms with Crippen molar-refractivity contribution >= 4 is 81.7 Å². The number of rotatable bonds is 10. The van der Waals surface area contributed by atoms with Gasteiger partial charge in [0.2, 0.25) is 5.91 Å². The molecule has 1 atom stereocenters. The topological polar surface area (TPSA) is 159 Å². The molecule has 0 saturated carbocycles. The number of urea groups is 1. The smallest absolute Gasteiger partial charge is 0.423 e. The number of hydrogen-bond acceptors (Lipinski definition) is 12. The van der Waals surface area contributed by atoms with Crippen molar-refractivity contribution in [3.63, 3.8) is 0 Å². The molecule has 3 aromatic rings. The van der Waals surface area contributed by atoms with E-state index in [-0.39, 0.29) is 55.7 Å². The molecule has 0 bridgehead atoms. The van der Waals surface area contributed by atoms with Gasteiger partial charge in [-0.1, -0.05) is 36.7 Å². The second-order valence-corrected chi connectivity index (χ2v) is 17.4. The first-order valence-corrected chi connectivity index (χ1v) is 20.2. The van der Waals surface area contributed by atoms with Crippen molar-refractivity contribution in [3.8, 4) is 11.5 Å². The molecule has 2 fully saturated rings. The predicted octanol–water partition coefficient (Wildman–Crippen LogP) is 8.92. The van der Waals surface area contributed by atoms with E-state index in [0.29, 0.717) is 4.90 Å². The van der Waals surface area contributed by atoms with Crippen LogP contribution in [0, 0.1) is 5.41 Å². The Hall–Kier alpha value is -5.32. The molecule has 2 aliphatic rings. The monoisotopic (exact) mass is 868 g/mol. The highest BCUT2D eigenvalue weighted by atomic mass is 35.5. The lowest BCUT2D eigenvalue weighted by Crippen LogP contribution is -2.48. The number of imide groups is 1. The van der Waals surface area contributed by atoms with Crippen LogP contribution in [0.4, 0.5) is 48.8 Å². The van der Waals surface area contributed by atoms with Gasteiger partial charge >= 0.3 is 18.2 Å². The van der Waals surface area contributed by atoms with E-state index in [0.717, 1.165) is 68.6 Å². The summed E-state index contributed by atoms with van der Waals surface area (Å²) in [4.78, 5) is 72.0. The van der Waals surface area contributed by atoms with Crippen molar-refractivity contribution in [1.29, 1.82) is 0 Å². The van der Waals surface area contributed by atoms with E-state index in [1.165, 1.54) is 38.3 Å². The maximum absolute atomic E-state index is 14.6. The number of ether oxygens (including phenoxy) is 4. The normalized spacial score (nSPS) is 16.6. The van der Waals surface area contributed by atoms with E-state index in [1.807, 2.05) is 12.1 Å². The van der Waals surface area contributed by atoms with Crippen LogP contribution < -0.4 is 34.4 Å². The number of anilines is 6. The molecular weight excluding hydrogens is 815 g/mol. The largest absolute Gasteiger partial charge is 0.495 e. The Morgan fingerprint density at radius 1 is 0.883 bits per heavy atom. The zero-order chi connectivity index (χ0) is 44.3. The number of carbonyl (C=O) groups excluding carboxylic acids is 4. The van der Waals surface area contributed by atoms with Crippen LogP contribution in [-0.4, -0.2) is 104 Å². The van der Waals surface area contributed by atoms with Crippen molar-refractivity contribution in [3.05, 3.63) is 59.4 Å². The molecule has 0 aliphatic carbocycles. The van der Waals surface area contributed by atoms with Gasteiger partial charge < -0.3 is 34.1 Å². The summed E-state index contributed by atoms with van der Waals surface area (Å²) in [5.74, 6) is -0.490. The number of benzene rings is 2. The first-order chi connectivity index (χ1) is 28.1. The van der Waals surface area contributed by atoms with E-state index in [2.05, 4.69) is 38.6 Å². The summed E-state index contributed by atoms with van der Waals surface area (Å²) in [6.45, 7) is 20.6. The quantitative estimate of drug-likeness (QED) is 0.193. The van der Waals surface area contributed by atoms with Crippen LogP contribution in [0.5, 0.6) is 11.5 Å². The maximum atomic E-state index is 14.6. The number of carbonyl (C=O) groups is 4. The van der Waals surface area contributed by atoms with Crippen LogP contribution in [0.25, 0.3) is 0 Å². The summed E-state index contributed by atoms with van der Waals surface area (Å²) in [6.07, 6.45) is 2.45. The lowest BCUT2D eigenvalue weighted by atomic mass is 9.86. The molecule has 16 nitrogen and oxygen atoms in total. The number of amides is 5. The van der Waals surface area contributed by atoms with Gasteiger partial charge in [-0.15, -0.1) is 0 Å². The molecule has 3 heterocycles. The van der Waals surface area contributed by atoms with E-state index >= 15 is 0 Å². The minimum atomic E-state index is -1.12. The van der Waals surface area contributed by atoms with Gasteiger partial charge in [-0.25, -0.2) is 29.3 Å². The van der Waals surface area contributed by atoms with Crippen molar-refractivity contribution < 1.29 is 38.1 Å². The van der Waals surface area contributed by atoms with Crippen molar-refractivity contribution in [1.82, 2.24) is 14.9 Å². The van der Waals surface area contributed by atoms with Gasteiger partial charge in [0, 0.05) is 49.9 Å². The molecular formula is C42H54Cl2N8O8. The van der Waals surface area contributed by atoms with Gasteiger partial charge in [-0.3, -0.25) is 9.69 Å². The molecule has 1 spiro atoms. The summed E-state index contributed by atoms with van der Waals surface area (Å²) in [7, 11) is 4.05. The average Bonchev–Trinajstić information content (AvgIpc) is 3.80. The lowest BCUT2D eigenvalue weighted by Gasteiger charge is -2.31. The fourth-order valence-corrected chi connectivity index (χ4v) is 7.81. The zero-order valence-corrected chi connectivity index (χ0v) is 37.4. The number of likely N-dealkylation sites (tertiary alicyclic amines) is 1. The molecule has 1 unspecified atom stereocenters. The third-order valence-electron chi connectivity index (χ3n) is 10.0. The third-order valence-corrected chi connectivity index (χ3v) is 10.8. The van der Waals surface area contributed by atoms with Gasteiger partial charge in [0.05, 0.1) is 25.6 Å². The minimum Gasteiger partial charge on any atom is -0.495 e.